The second-order valence-electron chi connectivity index (χ2n) is 5.56. The largest absolute Gasteiger partial charge is 0.483 e. The average Bonchev–Trinajstić information content (AvgIpc) is 3.15. The molecule has 0 bridgehead atoms. The van der Waals surface area contributed by atoms with Crippen LogP contribution in [0.3, 0.4) is 0 Å². The minimum Gasteiger partial charge on any atom is -0.483 e. The molecule has 0 unspecified atom stereocenters. The first kappa shape index (κ1) is 18.1. The monoisotopic (exact) mass is 415 g/mol. The van der Waals surface area contributed by atoms with Crippen LogP contribution in [0, 0.1) is 0 Å². The average molecular weight is 416 g/mol. The van der Waals surface area contributed by atoms with Gasteiger partial charge in [0.15, 0.2) is 6.61 Å². The van der Waals surface area contributed by atoms with E-state index in [1.807, 2.05) is 48.5 Å². The Bertz CT molecular complexity index is 881. The summed E-state index contributed by atoms with van der Waals surface area (Å²) in [6.45, 7) is 2.14. The van der Waals surface area contributed by atoms with Gasteiger partial charge in [0.25, 0.3) is 5.91 Å². The van der Waals surface area contributed by atoms with Gasteiger partial charge >= 0.3 is 0 Å². The van der Waals surface area contributed by atoms with E-state index in [2.05, 4.69) is 38.3 Å². The number of amides is 1. The van der Waals surface area contributed by atoms with Crippen LogP contribution < -0.4 is 10.1 Å². The molecule has 3 aromatic rings. The summed E-state index contributed by atoms with van der Waals surface area (Å²) in [4.78, 5) is 16.2. The fraction of sp³-hybridized carbons (Fsp3) is 0.211. The van der Waals surface area contributed by atoms with Gasteiger partial charge in [0.2, 0.25) is 11.7 Å². The highest BCUT2D eigenvalue weighted by Crippen LogP contribution is 2.26. The predicted molar refractivity (Wildman–Crippen MR) is 101 cm³/mol. The Kier molecular flexibility index (Phi) is 6.01. The Morgan fingerprint density at radius 2 is 2.04 bits per heavy atom. The number of aryl methyl sites for hydroxylation is 1. The number of hydrogen-bond donors (Lipinski definition) is 1. The van der Waals surface area contributed by atoms with Gasteiger partial charge in [-0.2, -0.15) is 4.98 Å². The van der Waals surface area contributed by atoms with Crippen molar-refractivity contribution >= 4 is 21.8 Å². The van der Waals surface area contributed by atoms with Crippen LogP contribution in [-0.2, 0) is 17.8 Å². The van der Waals surface area contributed by atoms with E-state index in [1.165, 1.54) is 5.56 Å². The lowest BCUT2D eigenvalue weighted by atomic mass is 10.2. The van der Waals surface area contributed by atoms with Gasteiger partial charge in [-0.3, -0.25) is 4.79 Å². The molecule has 0 aliphatic rings. The highest BCUT2D eigenvalue weighted by molar-refractivity contribution is 9.10. The third kappa shape index (κ3) is 4.70. The Balaban J connectivity index is 1.49. The first-order valence-corrected chi connectivity index (χ1v) is 9.01. The minimum atomic E-state index is -0.268. The van der Waals surface area contributed by atoms with Crippen LogP contribution >= 0.6 is 15.9 Å². The third-order valence-corrected chi connectivity index (χ3v) is 4.32. The smallest absolute Gasteiger partial charge is 0.258 e. The van der Waals surface area contributed by atoms with Crippen molar-refractivity contribution in [3.8, 4) is 17.1 Å². The van der Waals surface area contributed by atoms with E-state index in [-0.39, 0.29) is 19.1 Å². The van der Waals surface area contributed by atoms with Gasteiger partial charge in [-0.05, 0) is 40.0 Å². The Labute approximate surface area is 159 Å². The van der Waals surface area contributed by atoms with Gasteiger partial charge in [0, 0.05) is 5.56 Å². The molecule has 1 N–H and O–H groups in total. The molecule has 0 saturated heterocycles. The molecule has 1 amide bonds. The fourth-order valence-corrected chi connectivity index (χ4v) is 2.82. The van der Waals surface area contributed by atoms with Crippen molar-refractivity contribution in [3.63, 3.8) is 0 Å². The van der Waals surface area contributed by atoms with Gasteiger partial charge in [-0.1, -0.05) is 48.5 Å². The molecule has 0 aliphatic heterocycles. The van der Waals surface area contributed by atoms with Gasteiger partial charge in [-0.25, -0.2) is 0 Å². The van der Waals surface area contributed by atoms with Crippen LogP contribution in [0.2, 0.25) is 0 Å². The molecule has 0 atom stereocenters. The molecule has 134 valence electrons. The number of benzene rings is 2. The summed E-state index contributed by atoms with van der Waals surface area (Å²) >= 11 is 3.45. The second-order valence-corrected chi connectivity index (χ2v) is 6.42. The van der Waals surface area contributed by atoms with Crippen LogP contribution in [0.1, 0.15) is 18.4 Å². The van der Waals surface area contributed by atoms with Crippen molar-refractivity contribution in [3.05, 3.63) is 64.5 Å². The molecule has 1 aromatic heterocycles. The van der Waals surface area contributed by atoms with Gasteiger partial charge in [0.1, 0.15) is 5.75 Å². The molecular formula is C19H18BrN3O3. The molecule has 0 spiro atoms. The summed E-state index contributed by atoms with van der Waals surface area (Å²) < 4.78 is 11.5. The number of aromatic nitrogens is 2. The number of carbonyl (C=O) groups is 1. The van der Waals surface area contributed by atoms with E-state index in [4.69, 9.17) is 9.26 Å². The summed E-state index contributed by atoms with van der Waals surface area (Å²) in [6.07, 6.45) is 0.939. The molecule has 26 heavy (non-hydrogen) atoms. The van der Waals surface area contributed by atoms with Gasteiger partial charge in [-0.15, -0.1) is 0 Å². The maximum absolute atomic E-state index is 12.0. The zero-order valence-corrected chi connectivity index (χ0v) is 15.8. The van der Waals surface area contributed by atoms with Crippen LogP contribution in [0.4, 0.5) is 0 Å². The molecule has 0 aliphatic carbocycles. The summed E-state index contributed by atoms with van der Waals surface area (Å²) in [5.74, 6) is 1.19. The lowest BCUT2D eigenvalue weighted by Crippen LogP contribution is -2.28. The zero-order chi connectivity index (χ0) is 18.4. The zero-order valence-electron chi connectivity index (χ0n) is 14.2. The maximum Gasteiger partial charge on any atom is 0.258 e. The van der Waals surface area contributed by atoms with E-state index < -0.39 is 0 Å². The van der Waals surface area contributed by atoms with E-state index in [0.717, 1.165) is 16.5 Å². The SMILES string of the molecule is CCc1ccc(OCC(=O)NCc2nc(-c3ccccc3)no2)c(Br)c1. The topological polar surface area (TPSA) is 77.2 Å². The Morgan fingerprint density at radius 3 is 2.77 bits per heavy atom. The Morgan fingerprint density at radius 1 is 1.23 bits per heavy atom. The molecular weight excluding hydrogens is 398 g/mol. The quantitative estimate of drug-likeness (QED) is 0.635. The highest BCUT2D eigenvalue weighted by atomic mass is 79.9. The number of halogens is 1. The number of carbonyl (C=O) groups excluding carboxylic acids is 1. The molecule has 0 saturated carbocycles. The standard InChI is InChI=1S/C19H18BrN3O3/c1-2-13-8-9-16(15(20)10-13)25-12-17(24)21-11-18-22-19(23-26-18)14-6-4-3-5-7-14/h3-10H,2,11-12H2,1H3,(H,21,24). The van der Waals surface area contributed by atoms with Crippen molar-refractivity contribution in [1.29, 1.82) is 0 Å². The van der Waals surface area contributed by atoms with Gasteiger partial charge in [0.05, 0.1) is 11.0 Å². The first-order valence-electron chi connectivity index (χ1n) is 8.21. The summed E-state index contributed by atoms with van der Waals surface area (Å²) in [7, 11) is 0. The molecule has 7 heteroatoms. The molecule has 3 rings (SSSR count). The lowest BCUT2D eigenvalue weighted by molar-refractivity contribution is -0.123. The molecule has 2 aromatic carbocycles. The number of hydrogen-bond acceptors (Lipinski definition) is 5. The minimum absolute atomic E-state index is 0.0935. The van der Waals surface area contributed by atoms with Crippen molar-refractivity contribution in [1.82, 2.24) is 15.5 Å². The summed E-state index contributed by atoms with van der Waals surface area (Å²) in [5.41, 5.74) is 2.05. The first-order chi connectivity index (χ1) is 12.7. The summed E-state index contributed by atoms with van der Waals surface area (Å²) in [6, 6.07) is 15.3. The lowest BCUT2D eigenvalue weighted by Gasteiger charge is -2.09. The number of nitrogens with one attached hydrogen (secondary N) is 1. The summed E-state index contributed by atoms with van der Waals surface area (Å²) in [5, 5.41) is 6.61. The highest BCUT2D eigenvalue weighted by Gasteiger charge is 2.11. The van der Waals surface area contributed by atoms with E-state index in [0.29, 0.717) is 17.5 Å². The van der Waals surface area contributed by atoms with Crippen LogP contribution in [0.5, 0.6) is 5.75 Å². The van der Waals surface area contributed by atoms with Gasteiger partial charge < -0.3 is 14.6 Å². The number of nitrogens with zero attached hydrogens (tertiary/aromatic N) is 2. The molecule has 0 radical (unpaired) electrons. The van der Waals surface area contributed by atoms with Crippen molar-refractivity contribution in [2.75, 3.05) is 6.61 Å². The fourth-order valence-electron chi connectivity index (χ4n) is 2.28. The Hall–Kier alpha value is -2.67. The third-order valence-electron chi connectivity index (χ3n) is 3.70. The van der Waals surface area contributed by atoms with Crippen LogP contribution in [0.25, 0.3) is 11.4 Å². The van der Waals surface area contributed by atoms with Crippen LogP contribution in [-0.4, -0.2) is 22.7 Å². The second kappa shape index (κ2) is 8.62. The number of rotatable bonds is 7. The van der Waals surface area contributed by atoms with Crippen molar-refractivity contribution < 1.29 is 14.1 Å². The van der Waals surface area contributed by atoms with E-state index in [1.54, 1.807) is 0 Å². The number of ether oxygens (including phenoxy) is 1. The van der Waals surface area contributed by atoms with Crippen LogP contribution in [0.15, 0.2) is 57.5 Å². The van der Waals surface area contributed by atoms with Crippen molar-refractivity contribution in [2.24, 2.45) is 0 Å². The molecule has 1 heterocycles. The maximum atomic E-state index is 12.0. The molecule has 6 nitrogen and oxygen atoms in total. The van der Waals surface area contributed by atoms with E-state index in [9.17, 15) is 4.79 Å². The van der Waals surface area contributed by atoms with E-state index >= 15 is 0 Å². The normalized spacial score (nSPS) is 10.5. The molecule has 0 fully saturated rings. The predicted octanol–water partition coefficient (Wildman–Crippen LogP) is 3.76. The van der Waals surface area contributed by atoms with Crippen molar-refractivity contribution in [2.45, 2.75) is 19.9 Å².